The van der Waals surface area contributed by atoms with Crippen LogP contribution in [0, 0.1) is 5.41 Å². The first-order valence-corrected chi connectivity index (χ1v) is 9.65. The van der Waals surface area contributed by atoms with Gasteiger partial charge in [0.2, 0.25) is 5.95 Å². The maximum absolute atomic E-state index is 8.86. The van der Waals surface area contributed by atoms with Crippen LogP contribution >= 0.6 is 0 Å². The second-order valence-corrected chi connectivity index (χ2v) is 6.86. The number of anilines is 1. The van der Waals surface area contributed by atoms with Crippen molar-refractivity contribution in [1.82, 2.24) is 35.3 Å². The number of rotatable bonds is 8. The highest BCUT2D eigenvalue weighted by atomic mass is 16.3. The molecule has 1 saturated carbocycles. The fraction of sp³-hybridized carbons (Fsp3) is 0.368. The van der Waals surface area contributed by atoms with Gasteiger partial charge in [-0.3, -0.25) is 0 Å². The number of nitrogens with one attached hydrogen (secondary N) is 3. The molecular weight excluding hydrogens is 370 g/mol. The van der Waals surface area contributed by atoms with Crippen LogP contribution in [0.1, 0.15) is 31.2 Å². The van der Waals surface area contributed by atoms with Crippen molar-refractivity contribution in [3.63, 3.8) is 0 Å². The van der Waals surface area contributed by atoms with Gasteiger partial charge in [0.05, 0.1) is 12.8 Å². The Balaban J connectivity index is 1.58. The molecule has 3 aromatic rings. The van der Waals surface area contributed by atoms with Crippen LogP contribution in [0.5, 0.6) is 0 Å². The molecule has 0 aliphatic heterocycles. The maximum atomic E-state index is 8.86. The summed E-state index contributed by atoms with van der Waals surface area (Å²) in [5, 5.41) is 31.1. The second-order valence-electron chi connectivity index (χ2n) is 6.86. The van der Waals surface area contributed by atoms with Crippen LogP contribution < -0.4 is 10.6 Å². The van der Waals surface area contributed by atoms with Crippen molar-refractivity contribution in [2.24, 2.45) is 0 Å². The molecule has 4 N–H and O–H groups in total. The van der Waals surface area contributed by atoms with E-state index in [-0.39, 0.29) is 6.61 Å². The molecule has 150 valence electrons. The molecule has 0 bridgehead atoms. The largest absolute Gasteiger partial charge is 0.395 e. The minimum atomic E-state index is 0.0256. The lowest BCUT2D eigenvalue weighted by atomic mass is 10.1. The van der Waals surface area contributed by atoms with Crippen molar-refractivity contribution in [3.05, 3.63) is 36.3 Å². The van der Waals surface area contributed by atoms with Gasteiger partial charge in [-0.1, -0.05) is 18.1 Å². The molecule has 1 aliphatic carbocycles. The third-order valence-corrected chi connectivity index (χ3v) is 4.85. The van der Waals surface area contributed by atoms with Crippen LogP contribution in [0.3, 0.4) is 0 Å². The summed E-state index contributed by atoms with van der Waals surface area (Å²) in [7, 11) is 0. The fourth-order valence-corrected chi connectivity index (χ4v) is 3.34. The molecule has 0 radical (unpaired) electrons. The van der Waals surface area contributed by atoms with Crippen LogP contribution in [0.2, 0.25) is 0 Å². The predicted octanol–water partition coefficient (Wildman–Crippen LogP) is 1.53. The van der Waals surface area contributed by atoms with E-state index < -0.39 is 0 Å². The van der Waals surface area contributed by atoms with Crippen molar-refractivity contribution < 1.29 is 5.11 Å². The number of hydrogen-bond acceptors (Lipinski definition) is 9. The third kappa shape index (κ3) is 4.21. The summed E-state index contributed by atoms with van der Waals surface area (Å²) >= 11 is 0. The number of nitrogens with zero attached hydrogens (tertiary/aromatic N) is 6. The van der Waals surface area contributed by atoms with Gasteiger partial charge in [0.15, 0.2) is 17.0 Å². The SMILES string of the molecule is N=C/C(=C\NCCO)c1ccc(-n2nnc3cnc(NC4CCCC4)nc32)nc1. The standard InChI is InChI=1S/C19H23N9O/c20-9-14(10-21-7-8-29)13-5-6-17(22-11-13)28-18-16(26-27-28)12-23-19(25-18)24-15-3-1-2-4-15/h5-6,9-12,15,20-21,29H,1-4,7-8H2,(H,23,24,25)/b14-10+,20-9?. The monoisotopic (exact) mass is 393 g/mol. The van der Waals surface area contributed by atoms with Gasteiger partial charge in [-0.15, -0.1) is 5.10 Å². The molecule has 0 atom stereocenters. The molecule has 0 unspecified atom stereocenters. The van der Waals surface area contributed by atoms with Gasteiger partial charge in [0.25, 0.3) is 0 Å². The molecule has 0 amide bonds. The zero-order chi connectivity index (χ0) is 20.1. The van der Waals surface area contributed by atoms with Crippen LogP contribution in [-0.2, 0) is 0 Å². The molecule has 10 nitrogen and oxygen atoms in total. The molecule has 1 fully saturated rings. The highest BCUT2D eigenvalue weighted by molar-refractivity contribution is 6.08. The Hall–Kier alpha value is -3.40. The second kappa shape index (κ2) is 8.74. The van der Waals surface area contributed by atoms with E-state index in [1.807, 2.05) is 6.07 Å². The van der Waals surface area contributed by atoms with Crippen LogP contribution in [0.4, 0.5) is 5.95 Å². The normalized spacial score (nSPS) is 15.0. The summed E-state index contributed by atoms with van der Waals surface area (Å²) in [4.78, 5) is 13.4. The number of aliphatic hydroxyl groups excluding tert-OH is 1. The summed E-state index contributed by atoms with van der Waals surface area (Å²) in [5.41, 5.74) is 2.62. The van der Waals surface area contributed by atoms with E-state index >= 15 is 0 Å². The zero-order valence-electron chi connectivity index (χ0n) is 15.9. The van der Waals surface area contributed by atoms with Crippen molar-refractivity contribution in [2.45, 2.75) is 31.7 Å². The first-order chi connectivity index (χ1) is 14.3. The van der Waals surface area contributed by atoms with Crippen LogP contribution in [0.15, 0.2) is 30.7 Å². The Morgan fingerprint density at radius 1 is 1.24 bits per heavy atom. The average molecular weight is 393 g/mol. The predicted molar refractivity (Wildman–Crippen MR) is 110 cm³/mol. The van der Waals surface area contributed by atoms with Crippen molar-refractivity contribution in [1.29, 1.82) is 5.41 Å². The van der Waals surface area contributed by atoms with Crippen LogP contribution in [-0.4, -0.2) is 60.5 Å². The Labute approximate surface area is 167 Å². The van der Waals surface area contributed by atoms with Crippen molar-refractivity contribution in [3.8, 4) is 5.82 Å². The Bertz CT molecular complexity index is 1010. The van der Waals surface area contributed by atoms with Crippen molar-refractivity contribution in [2.75, 3.05) is 18.5 Å². The molecule has 0 aromatic carbocycles. The van der Waals surface area contributed by atoms with E-state index in [0.717, 1.165) is 18.4 Å². The number of pyridine rings is 1. The van der Waals surface area contributed by atoms with Gasteiger partial charge in [0.1, 0.15) is 0 Å². The van der Waals surface area contributed by atoms with Gasteiger partial charge in [-0.25, -0.2) is 9.97 Å². The van der Waals surface area contributed by atoms with E-state index in [9.17, 15) is 0 Å². The van der Waals surface area contributed by atoms with E-state index in [1.165, 1.54) is 19.1 Å². The lowest BCUT2D eigenvalue weighted by Gasteiger charge is -2.11. The smallest absolute Gasteiger partial charge is 0.225 e. The fourth-order valence-electron chi connectivity index (χ4n) is 3.34. The Morgan fingerprint density at radius 3 is 2.83 bits per heavy atom. The lowest BCUT2D eigenvalue weighted by Crippen LogP contribution is -2.16. The highest BCUT2D eigenvalue weighted by Gasteiger charge is 2.17. The average Bonchev–Trinajstić information content (AvgIpc) is 3.41. The van der Waals surface area contributed by atoms with Gasteiger partial charge < -0.3 is 21.1 Å². The zero-order valence-corrected chi connectivity index (χ0v) is 15.9. The number of aromatic nitrogens is 6. The van der Waals surface area contributed by atoms with Gasteiger partial charge in [-0.05, 0) is 25.0 Å². The van der Waals surface area contributed by atoms with E-state index in [1.54, 1.807) is 29.3 Å². The molecule has 0 saturated heterocycles. The minimum Gasteiger partial charge on any atom is -0.395 e. The number of hydrogen-bond donors (Lipinski definition) is 4. The highest BCUT2D eigenvalue weighted by Crippen LogP contribution is 2.22. The molecule has 1 aliphatic rings. The summed E-state index contributed by atoms with van der Waals surface area (Å²) in [6.45, 7) is 0.447. The Morgan fingerprint density at radius 2 is 2.10 bits per heavy atom. The Kier molecular flexibility index (Phi) is 5.71. The molecule has 0 spiro atoms. The van der Waals surface area contributed by atoms with E-state index in [4.69, 9.17) is 10.5 Å². The third-order valence-electron chi connectivity index (χ3n) is 4.85. The summed E-state index contributed by atoms with van der Waals surface area (Å²) in [6, 6.07) is 4.07. The minimum absolute atomic E-state index is 0.0256. The van der Waals surface area contributed by atoms with E-state index in [0.29, 0.717) is 41.1 Å². The van der Waals surface area contributed by atoms with E-state index in [2.05, 4.69) is 35.9 Å². The number of aliphatic hydroxyl groups is 1. The van der Waals surface area contributed by atoms with Gasteiger partial charge in [0, 0.05) is 42.3 Å². The first-order valence-electron chi connectivity index (χ1n) is 9.65. The lowest BCUT2D eigenvalue weighted by molar-refractivity contribution is 0.298. The molecule has 3 heterocycles. The molecule has 4 rings (SSSR count). The summed E-state index contributed by atoms with van der Waals surface area (Å²) in [5.74, 6) is 1.16. The molecule has 29 heavy (non-hydrogen) atoms. The van der Waals surface area contributed by atoms with Crippen LogP contribution in [0.25, 0.3) is 22.6 Å². The quantitative estimate of drug-likeness (QED) is 0.334. The maximum Gasteiger partial charge on any atom is 0.225 e. The molecular formula is C19H23N9O. The summed E-state index contributed by atoms with van der Waals surface area (Å²) in [6.07, 6.45) is 11.0. The number of fused-ring (bicyclic) bond motifs is 1. The van der Waals surface area contributed by atoms with Crippen molar-refractivity contribution >= 4 is 28.9 Å². The molecule has 3 aromatic heterocycles. The van der Waals surface area contributed by atoms with Gasteiger partial charge in [-0.2, -0.15) is 9.67 Å². The summed E-state index contributed by atoms with van der Waals surface area (Å²) < 4.78 is 1.58. The topological polar surface area (TPSA) is 138 Å². The number of allylic oxidation sites excluding steroid dienone is 1. The van der Waals surface area contributed by atoms with Gasteiger partial charge >= 0.3 is 0 Å². The molecule has 10 heteroatoms. The first kappa shape index (κ1) is 18.9.